The van der Waals surface area contributed by atoms with E-state index in [1.807, 2.05) is 24.3 Å². The van der Waals surface area contributed by atoms with Crippen LogP contribution in [0.2, 0.25) is 0 Å². The Morgan fingerprint density at radius 2 is 1.93 bits per heavy atom. The highest BCUT2D eigenvalue weighted by molar-refractivity contribution is 9.10. The van der Waals surface area contributed by atoms with Crippen molar-refractivity contribution in [2.45, 2.75) is 39.3 Å². The van der Waals surface area contributed by atoms with Crippen LogP contribution in [0.1, 0.15) is 36.5 Å². The maximum absolute atomic E-state index is 11.9. The number of para-hydroxylation sites is 1. The van der Waals surface area contributed by atoms with E-state index in [9.17, 15) is 4.79 Å². The van der Waals surface area contributed by atoms with Gasteiger partial charge in [-0.1, -0.05) is 34.1 Å². The van der Waals surface area contributed by atoms with Gasteiger partial charge in [-0.3, -0.25) is 9.69 Å². The van der Waals surface area contributed by atoms with E-state index >= 15 is 0 Å². The van der Waals surface area contributed by atoms with Gasteiger partial charge in [-0.25, -0.2) is 0 Å². The van der Waals surface area contributed by atoms with E-state index in [0.717, 1.165) is 46.2 Å². The molecular formula is C24H26BrNO4. The lowest BCUT2D eigenvalue weighted by Crippen LogP contribution is -2.18. The molecule has 5 nitrogen and oxygen atoms in total. The fourth-order valence-electron chi connectivity index (χ4n) is 3.95. The second-order valence-corrected chi connectivity index (χ2v) is 8.48. The fraction of sp³-hybridized carbons (Fsp3) is 0.375. The third kappa shape index (κ3) is 4.87. The van der Waals surface area contributed by atoms with Gasteiger partial charge in [-0.15, -0.1) is 0 Å². The van der Waals surface area contributed by atoms with Crippen molar-refractivity contribution in [3.8, 4) is 5.75 Å². The zero-order valence-electron chi connectivity index (χ0n) is 17.2. The van der Waals surface area contributed by atoms with Gasteiger partial charge >= 0.3 is 5.97 Å². The normalized spacial score (nSPS) is 14.3. The smallest absolute Gasteiger partial charge is 0.310 e. The van der Waals surface area contributed by atoms with Gasteiger partial charge in [0, 0.05) is 33.1 Å². The van der Waals surface area contributed by atoms with Crippen molar-refractivity contribution in [1.82, 2.24) is 4.90 Å². The van der Waals surface area contributed by atoms with E-state index in [1.165, 1.54) is 18.4 Å². The maximum Gasteiger partial charge on any atom is 0.310 e. The molecule has 1 aromatic heterocycles. The minimum absolute atomic E-state index is 0.196. The lowest BCUT2D eigenvalue weighted by atomic mass is 10.1. The molecule has 4 rings (SSSR count). The summed E-state index contributed by atoms with van der Waals surface area (Å²) in [5, 5.41) is 1.06. The number of fused-ring (bicyclic) bond motifs is 1. The number of nitrogens with zero attached hydrogens (tertiary/aromatic N) is 1. The molecule has 158 valence electrons. The second kappa shape index (κ2) is 9.67. The minimum atomic E-state index is -0.252. The first-order valence-electron chi connectivity index (χ1n) is 10.4. The number of carbonyl (C=O) groups excluding carboxylic acids is 1. The number of esters is 1. The van der Waals surface area contributed by atoms with Crippen molar-refractivity contribution in [2.75, 3.05) is 19.7 Å². The Bertz CT molecular complexity index is 1020. The number of hydrogen-bond donors (Lipinski definition) is 0. The van der Waals surface area contributed by atoms with Crippen molar-refractivity contribution < 1.29 is 18.7 Å². The van der Waals surface area contributed by atoms with Gasteiger partial charge in [0.25, 0.3) is 0 Å². The maximum atomic E-state index is 11.9. The van der Waals surface area contributed by atoms with Crippen molar-refractivity contribution in [3.05, 3.63) is 63.8 Å². The summed E-state index contributed by atoms with van der Waals surface area (Å²) in [6.45, 7) is 5.72. The van der Waals surface area contributed by atoms with Crippen LogP contribution in [-0.4, -0.2) is 30.6 Å². The molecule has 0 bridgehead atoms. The molecular weight excluding hydrogens is 446 g/mol. The molecule has 0 N–H and O–H groups in total. The SMILES string of the molecule is CCOC(=O)Cc1ccccc1OCc1coc2c(CN3CCCC3)cc(Br)cc12. The average Bonchev–Trinajstić information content (AvgIpc) is 3.37. The number of benzene rings is 2. The van der Waals surface area contributed by atoms with Crippen LogP contribution in [0.15, 0.2) is 51.6 Å². The first-order valence-corrected chi connectivity index (χ1v) is 11.2. The summed E-state index contributed by atoms with van der Waals surface area (Å²) in [6, 6.07) is 11.8. The molecule has 0 radical (unpaired) electrons. The molecule has 0 spiro atoms. The summed E-state index contributed by atoms with van der Waals surface area (Å²) in [5.41, 5.74) is 3.92. The Balaban J connectivity index is 1.52. The number of ether oxygens (including phenoxy) is 2. The van der Waals surface area contributed by atoms with Crippen molar-refractivity contribution in [3.63, 3.8) is 0 Å². The number of carbonyl (C=O) groups is 1. The Hall–Kier alpha value is -2.31. The second-order valence-electron chi connectivity index (χ2n) is 7.56. The predicted molar refractivity (Wildman–Crippen MR) is 120 cm³/mol. The van der Waals surface area contributed by atoms with Crippen LogP contribution in [0.5, 0.6) is 5.75 Å². The van der Waals surface area contributed by atoms with E-state index in [1.54, 1.807) is 13.2 Å². The van der Waals surface area contributed by atoms with Crippen LogP contribution < -0.4 is 4.74 Å². The number of halogens is 1. The van der Waals surface area contributed by atoms with Crippen LogP contribution in [0, 0.1) is 0 Å². The molecule has 3 aromatic rings. The Morgan fingerprint density at radius 3 is 2.73 bits per heavy atom. The van der Waals surface area contributed by atoms with E-state index in [0.29, 0.717) is 19.0 Å². The van der Waals surface area contributed by atoms with E-state index in [4.69, 9.17) is 13.9 Å². The van der Waals surface area contributed by atoms with Gasteiger partial charge in [0.15, 0.2) is 0 Å². The first-order chi connectivity index (χ1) is 14.6. The number of rotatable bonds is 8. The van der Waals surface area contributed by atoms with Gasteiger partial charge < -0.3 is 13.9 Å². The summed E-state index contributed by atoms with van der Waals surface area (Å²) >= 11 is 3.65. The van der Waals surface area contributed by atoms with Crippen molar-refractivity contribution >= 4 is 32.9 Å². The van der Waals surface area contributed by atoms with Gasteiger partial charge in [0.2, 0.25) is 0 Å². The predicted octanol–water partition coefficient (Wildman–Crippen LogP) is 5.48. The molecule has 1 fully saturated rings. The van der Waals surface area contributed by atoms with E-state index in [-0.39, 0.29) is 12.4 Å². The zero-order chi connectivity index (χ0) is 20.9. The molecule has 2 aromatic carbocycles. The van der Waals surface area contributed by atoms with Crippen LogP contribution in [0.4, 0.5) is 0 Å². The third-order valence-corrected chi connectivity index (χ3v) is 5.84. The Morgan fingerprint density at radius 1 is 1.13 bits per heavy atom. The van der Waals surface area contributed by atoms with Gasteiger partial charge in [0.1, 0.15) is 17.9 Å². The highest BCUT2D eigenvalue weighted by Gasteiger charge is 2.18. The highest BCUT2D eigenvalue weighted by atomic mass is 79.9. The van der Waals surface area contributed by atoms with Gasteiger partial charge in [0.05, 0.1) is 19.3 Å². The van der Waals surface area contributed by atoms with Crippen LogP contribution in [0.25, 0.3) is 11.0 Å². The van der Waals surface area contributed by atoms with Crippen molar-refractivity contribution in [1.29, 1.82) is 0 Å². The third-order valence-electron chi connectivity index (χ3n) is 5.38. The molecule has 0 amide bonds. The van der Waals surface area contributed by atoms with Crippen LogP contribution in [0.3, 0.4) is 0 Å². The molecule has 2 heterocycles. The van der Waals surface area contributed by atoms with Gasteiger partial charge in [-0.2, -0.15) is 0 Å². The molecule has 1 saturated heterocycles. The monoisotopic (exact) mass is 471 g/mol. The molecule has 6 heteroatoms. The number of likely N-dealkylation sites (tertiary alicyclic amines) is 1. The van der Waals surface area contributed by atoms with Gasteiger partial charge in [-0.05, 0) is 51.1 Å². The van der Waals surface area contributed by atoms with E-state index in [2.05, 4.69) is 33.0 Å². The van der Waals surface area contributed by atoms with Crippen LogP contribution in [-0.2, 0) is 29.1 Å². The topological polar surface area (TPSA) is 51.9 Å². The first kappa shape index (κ1) is 20.9. The molecule has 30 heavy (non-hydrogen) atoms. The number of hydrogen-bond acceptors (Lipinski definition) is 5. The minimum Gasteiger partial charge on any atom is -0.488 e. The zero-order valence-corrected chi connectivity index (χ0v) is 18.7. The Labute approximate surface area is 185 Å². The molecule has 1 aliphatic rings. The Kier molecular flexibility index (Phi) is 6.75. The molecule has 0 atom stereocenters. The van der Waals surface area contributed by atoms with Crippen LogP contribution >= 0.6 is 15.9 Å². The summed E-state index contributed by atoms with van der Waals surface area (Å²) < 4.78 is 18.2. The summed E-state index contributed by atoms with van der Waals surface area (Å²) in [7, 11) is 0. The summed E-state index contributed by atoms with van der Waals surface area (Å²) in [5.74, 6) is 0.435. The lowest BCUT2D eigenvalue weighted by Gasteiger charge is -2.15. The summed E-state index contributed by atoms with van der Waals surface area (Å²) in [4.78, 5) is 14.4. The molecule has 0 aliphatic carbocycles. The largest absolute Gasteiger partial charge is 0.488 e. The number of furan rings is 1. The fourth-order valence-corrected chi connectivity index (χ4v) is 4.45. The molecule has 0 saturated carbocycles. The highest BCUT2D eigenvalue weighted by Crippen LogP contribution is 2.31. The molecule has 1 aliphatic heterocycles. The standard InChI is InChI=1S/C24H26BrNO4/c1-2-28-23(27)12-17-7-3-4-8-22(17)29-15-19-16-30-24-18(11-20(25)13-21(19)24)14-26-9-5-6-10-26/h3-4,7-8,11,13,16H,2,5-6,9-10,12,14-15H2,1H3. The quantitative estimate of drug-likeness (QED) is 0.407. The van der Waals surface area contributed by atoms with E-state index < -0.39 is 0 Å². The average molecular weight is 472 g/mol. The lowest BCUT2D eigenvalue weighted by molar-refractivity contribution is -0.142. The molecule has 0 unspecified atom stereocenters. The van der Waals surface area contributed by atoms with Crippen molar-refractivity contribution in [2.24, 2.45) is 0 Å². The summed E-state index contributed by atoms with van der Waals surface area (Å²) in [6.07, 6.45) is 4.50.